The van der Waals surface area contributed by atoms with Gasteiger partial charge in [-0.25, -0.2) is 9.97 Å². The van der Waals surface area contributed by atoms with Gasteiger partial charge >= 0.3 is 0 Å². The van der Waals surface area contributed by atoms with Crippen molar-refractivity contribution in [1.82, 2.24) is 9.97 Å². The fourth-order valence-electron chi connectivity index (χ4n) is 2.14. The number of nitrogens with zero attached hydrogens (tertiary/aromatic N) is 2. The van der Waals surface area contributed by atoms with E-state index >= 15 is 0 Å². The third-order valence-electron chi connectivity index (χ3n) is 3.15. The second kappa shape index (κ2) is 7.82. The molecule has 0 spiro atoms. The molecule has 2 aromatic heterocycles. The SMILES string of the molecule is CC(=O)Nc1ccc(NC(=O)COCc2nc3ccccc3s2)nc1. The molecule has 25 heavy (non-hydrogen) atoms. The van der Waals surface area contributed by atoms with Gasteiger partial charge in [0.15, 0.2) is 0 Å². The molecule has 2 N–H and O–H groups in total. The highest BCUT2D eigenvalue weighted by molar-refractivity contribution is 7.18. The molecule has 0 atom stereocenters. The highest BCUT2D eigenvalue weighted by Crippen LogP contribution is 2.21. The first-order valence-electron chi connectivity index (χ1n) is 7.56. The first-order valence-corrected chi connectivity index (χ1v) is 8.37. The van der Waals surface area contributed by atoms with E-state index in [1.165, 1.54) is 13.1 Å². The van der Waals surface area contributed by atoms with Crippen LogP contribution in [0.25, 0.3) is 10.2 Å². The van der Waals surface area contributed by atoms with Crippen LogP contribution >= 0.6 is 11.3 Å². The summed E-state index contributed by atoms with van der Waals surface area (Å²) in [6.07, 6.45) is 1.47. The number of rotatable bonds is 6. The van der Waals surface area contributed by atoms with Crippen LogP contribution in [0.3, 0.4) is 0 Å². The number of thiazole rings is 1. The second-order valence-electron chi connectivity index (χ2n) is 5.23. The number of hydrogen-bond acceptors (Lipinski definition) is 6. The number of nitrogens with one attached hydrogen (secondary N) is 2. The van der Waals surface area contributed by atoms with Crippen molar-refractivity contribution in [2.75, 3.05) is 17.2 Å². The van der Waals surface area contributed by atoms with E-state index < -0.39 is 0 Å². The molecule has 3 rings (SSSR count). The zero-order valence-electron chi connectivity index (χ0n) is 13.5. The Morgan fingerprint density at radius 1 is 1.16 bits per heavy atom. The second-order valence-corrected chi connectivity index (χ2v) is 6.34. The smallest absolute Gasteiger partial charge is 0.251 e. The monoisotopic (exact) mass is 356 g/mol. The Morgan fingerprint density at radius 3 is 2.72 bits per heavy atom. The van der Waals surface area contributed by atoms with Gasteiger partial charge in [0.25, 0.3) is 5.91 Å². The van der Waals surface area contributed by atoms with Gasteiger partial charge in [0.2, 0.25) is 5.91 Å². The predicted octanol–water partition coefficient (Wildman–Crippen LogP) is 2.81. The molecule has 0 bridgehead atoms. The number of ether oxygens (including phenoxy) is 1. The quantitative estimate of drug-likeness (QED) is 0.708. The van der Waals surface area contributed by atoms with Crippen molar-refractivity contribution in [3.63, 3.8) is 0 Å². The highest BCUT2D eigenvalue weighted by atomic mass is 32.1. The summed E-state index contributed by atoms with van der Waals surface area (Å²) in [4.78, 5) is 31.3. The van der Waals surface area contributed by atoms with Crippen LogP contribution in [0, 0.1) is 0 Å². The molecule has 0 aliphatic rings. The van der Waals surface area contributed by atoms with Gasteiger partial charge in [0.05, 0.1) is 28.7 Å². The van der Waals surface area contributed by atoms with Crippen molar-refractivity contribution in [2.45, 2.75) is 13.5 Å². The van der Waals surface area contributed by atoms with Gasteiger partial charge in [-0.05, 0) is 24.3 Å². The average molecular weight is 356 g/mol. The summed E-state index contributed by atoms with van der Waals surface area (Å²) >= 11 is 1.54. The lowest BCUT2D eigenvalue weighted by Crippen LogP contribution is -2.19. The maximum absolute atomic E-state index is 11.9. The van der Waals surface area contributed by atoms with Gasteiger partial charge in [0, 0.05) is 6.92 Å². The Bertz CT molecular complexity index is 859. The standard InChI is InChI=1S/C17H16N4O3S/c1-11(22)19-12-6-7-15(18-8-12)21-16(23)9-24-10-17-20-13-4-2-3-5-14(13)25-17/h2-8H,9-10H2,1H3,(H,19,22)(H,18,21,23). The first kappa shape index (κ1) is 17.0. The molecule has 7 nitrogen and oxygen atoms in total. The molecular formula is C17H16N4O3S. The van der Waals surface area contributed by atoms with Gasteiger partial charge < -0.3 is 15.4 Å². The average Bonchev–Trinajstić information content (AvgIpc) is 2.99. The summed E-state index contributed by atoms with van der Waals surface area (Å²) in [6.45, 7) is 1.60. The molecule has 0 saturated heterocycles. The van der Waals surface area contributed by atoms with E-state index in [0.29, 0.717) is 11.5 Å². The fraction of sp³-hybridized carbons (Fsp3) is 0.176. The summed E-state index contributed by atoms with van der Waals surface area (Å²) in [7, 11) is 0. The van der Waals surface area contributed by atoms with Crippen LogP contribution < -0.4 is 10.6 Å². The normalized spacial score (nSPS) is 10.6. The Morgan fingerprint density at radius 2 is 2.00 bits per heavy atom. The number of para-hydroxylation sites is 1. The Balaban J connectivity index is 1.46. The molecule has 0 unspecified atom stereocenters. The number of fused-ring (bicyclic) bond motifs is 1. The van der Waals surface area contributed by atoms with Crippen molar-refractivity contribution >= 4 is 44.9 Å². The lowest BCUT2D eigenvalue weighted by molar-refractivity contribution is -0.121. The predicted molar refractivity (Wildman–Crippen MR) is 96.4 cm³/mol. The molecule has 2 amide bonds. The molecule has 2 heterocycles. The van der Waals surface area contributed by atoms with E-state index in [0.717, 1.165) is 15.2 Å². The van der Waals surface area contributed by atoms with Crippen LogP contribution in [-0.2, 0) is 20.9 Å². The van der Waals surface area contributed by atoms with Gasteiger partial charge in [-0.2, -0.15) is 0 Å². The van der Waals surface area contributed by atoms with Gasteiger partial charge in [-0.1, -0.05) is 12.1 Å². The zero-order chi connectivity index (χ0) is 17.6. The molecule has 0 fully saturated rings. The van der Waals surface area contributed by atoms with Gasteiger partial charge in [-0.15, -0.1) is 11.3 Å². The highest BCUT2D eigenvalue weighted by Gasteiger charge is 2.07. The Labute approximate surface area is 148 Å². The number of benzene rings is 1. The van der Waals surface area contributed by atoms with E-state index in [9.17, 15) is 9.59 Å². The molecule has 128 valence electrons. The van der Waals surface area contributed by atoms with Gasteiger partial charge in [0.1, 0.15) is 17.4 Å². The van der Waals surface area contributed by atoms with Crippen LogP contribution in [0.4, 0.5) is 11.5 Å². The molecule has 1 aromatic carbocycles. The number of hydrogen-bond donors (Lipinski definition) is 2. The number of amides is 2. The molecule has 0 aliphatic heterocycles. The van der Waals surface area contributed by atoms with Crippen molar-refractivity contribution in [3.8, 4) is 0 Å². The number of carbonyl (C=O) groups is 2. The molecule has 0 aliphatic carbocycles. The van der Waals surface area contributed by atoms with Crippen LogP contribution in [0.15, 0.2) is 42.6 Å². The van der Waals surface area contributed by atoms with Crippen molar-refractivity contribution in [2.24, 2.45) is 0 Å². The lowest BCUT2D eigenvalue weighted by atomic mass is 10.3. The lowest BCUT2D eigenvalue weighted by Gasteiger charge is -2.06. The zero-order valence-corrected chi connectivity index (χ0v) is 14.3. The van der Waals surface area contributed by atoms with Crippen molar-refractivity contribution in [3.05, 3.63) is 47.6 Å². The van der Waals surface area contributed by atoms with E-state index in [4.69, 9.17) is 4.74 Å². The summed E-state index contributed by atoms with van der Waals surface area (Å²) in [5.74, 6) is -0.0922. The summed E-state index contributed by atoms with van der Waals surface area (Å²) < 4.78 is 6.50. The largest absolute Gasteiger partial charge is 0.364 e. The maximum Gasteiger partial charge on any atom is 0.251 e. The van der Waals surface area contributed by atoms with Crippen molar-refractivity contribution in [1.29, 1.82) is 0 Å². The van der Waals surface area contributed by atoms with Crippen molar-refractivity contribution < 1.29 is 14.3 Å². The van der Waals surface area contributed by atoms with E-state index in [1.807, 2.05) is 24.3 Å². The Hall–Kier alpha value is -2.84. The number of anilines is 2. The van der Waals surface area contributed by atoms with E-state index in [1.54, 1.807) is 23.5 Å². The Kier molecular flexibility index (Phi) is 5.32. The summed E-state index contributed by atoms with van der Waals surface area (Å²) in [5.41, 5.74) is 1.50. The van der Waals surface area contributed by atoms with Crippen LogP contribution in [0.2, 0.25) is 0 Å². The van der Waals surface area contributed by atoms with E-state index in [-0.39, 0.29) is 25.0 Å². The minimum atomic E-state index is -0.305. The summed E-state index contributed by atoms with van der Waals surface area (Å²) in [5, 5.41) is 6.06. The van der Waals surface area contributed by atoms with Crippen LogP contribution in [-0.4, -0.2) is 28.4 Å². The number of carbonyl (C=O) groups excluding carboxylic acids is 2. The minimum Gasteiger partial charge on any atom is -0.364 e. The molecular weight excluding hydrogens is 340 g/mol. The topological polar surface area (TPSA) is 93.2 Å². The molecule has 3 aromatic rings. The number of pyridine rings is 1. The van der Waals surface area contributed by atoms with E-state index in [2.05, 4.69) is 20.6 Å². The molecule has 0 saturated carbocycles. The molecule has 0 radical (unpaired) electrons. The fourth-order valence-corrected chi connectivity index (χ4v) is 3.04. The number of aromatic nitrogens is 2. The van der Waals surface area contributed by atoms with Crippen LogP contribution in [0.5, 0.6) is 0 Å². The maximum atomic E-state index is 11.9. The molecule has 8 heteroatoms. The van der Waals surface area contributed by atoms with Crippen LogP contribution in [0.1, 0.15) is 11.9 Å². The first-order chi connectivity index (χ1) is 12.1. The summed E-state index contributed by atoms with van der Waals surface area (Å²) in [6, 6.07) is 11.1. The third-order valence-corrected chi connectivity index (χ3v) is 4.16. The minimum absolute atomic E-state index is 0.0922. The third kappa shape index (κ3) is 4.82. The van der Waals surface area contributed by atoms with Gasteiger partial charge in [-0.3, -0.25) is 9.59 Å².